The summed E-state index contributed by atoms with van der Waals surface area (Å²) in [4.78, 5) is 9.75. The Morgan fingerprint density at radius 2 is 2.23 bits per heavy atom. The predicted molar refractivity (Wildman–Crippen MR) is 53.1 cm³/mol. The Labute approximate surface area is 80.4 Å². The monoisotopic (exact) mass is 195 g/mol. The lowest BCUT2D eigenvalue weighted by atomic mass is 9.93. The van der Waals surface area contributed by atoms with E-state index in [-0.39, 0.29) is 9.67 Å². The van der Waals surface area contributed by atoms with Crippen molar-refractivity contribution in [2.45, 2.75) is 16.0 Å². The number of hydrogen-bond acceptors (Lipinski definition) is 3. The van der Waals surface area contributed by atoms with Crippen molar-refractivity contribution in [1.29, 1.82) is 0 Å². The van der Waals surface area contributed by atoms with E-state index in [0.717, 1.165) is 0 Å². The van der Waals surface area contributed by atoms with Gasteiger partial charge in [-0.25, -0.2) is 0 Å². The molecule has 1 heterocycles. The van der Waals surface area contributed by atoms with E-state index in [4.69, 9.17) is 0 Å². The fourth-order valence-electron chi connectivity index (χ4n) is 1.70. The zero-order valence-electron chi connectivity index (χ0n) is 6.97. The summed E-state index contributed by atoms with van der Waals surface area (Å²) in [5.41, 5.74) is 0. The molecule has 2 rings (SSSR count). The molecule has 0 aromatic rings. The third kappa shape index (κ3) is 0.920. The van der Waals surface area contributed by atoms with E-state index >= 15 is 0 Å². The van der Waals surface area contributed by atoms with Gasteiger partial charge in [0.2, 0.25) is 0 Å². The first kappa shape index (κ1) is 8.56. The molecular weight excluding hydrogens is 186 g/mol. The van der Waals surface area contributed by atoms with Crippen LogP contribution in [0.25, 0.3) is 0 Å². The fourth-order valence-corrected chi connectivity index (χ4v) is 3.07. The SMILES string of the molecule is C=CCC12C=CC=CC1([N+](=O)[O-])S2. The van der Waals surface area contributed by atoms with Crippen molar-refractivity contribution in [2.24, 2.45) is 0 Å². The van der Waals surface area contributed by atoms with Crippen molar-refractivity contribution in [1.82, 2.24) is 0 Å². The summed E-state index contributed by atoms with van der Waals surface area (Å²) in [5, 5.41) is 10.9. The molecule has 68 valence electrons. The summed E-state index contributed by atoms with van der Waals surface area (Å²) >= 11 is 1.38. The largest absolute Gasteiger partial charge is 0.305 e. The second-order valence-electron chi connectivity index (χ2n) is 3.16. The second-order valence-corrected chi connectivity index (χ2v) is 4.71. The number of nitrogens with zero attached hydrogens (tertiary/aromatic N) is 1. The van der Waals surface area contributed by atoms with Crippen LogP contribution in [-0.2, 0) is 0 Å². The summed E-state index contributed by atoms with van der Waals surface area (Å²) in [5.74, 6) is 0. The van der Waals surface area contributed by atoms with E-state index in [2.05, 4.69) is 6.58 Å². The van der Waals surface area contributed by atoms with Crippen LogP contribution in [0.2, 0.25) is 0 Å². The average Bonchev–Trinajstić information content (AvgIpc) is 2.75. The van der Waals surface area contributed by atoms with Crippen LogP contribution in [0.15, 0.2) is 37.0 Å². The lowest BCUT2D eigenvalue weighted by molar-refractivity contribution is -0.516. The molecule has 0 aromatic heterocycles. The highest BCUT2D eigenvalue weighted by Crippen LogP contribution is 2.68. The summed E-state index contributed by atoms with van der Waals surface area (Å²) in [6.07, 6.45) is 9.57. The summed E-state index contributed by atoms with van der Waals surface area (Å²) < 4.78 is -0.354. The molecule has 0 bridgehead atoms. The Bertz CT molecular complexity index is 337. The Morgan fingerprint density at radius 1 is 1.54 bits per heavy atom. The third-order valence-electron chi connectivity index (χ3n) is 2.42. The molecule has 0 aromatic carbocycles. The van der Waals surface area contributed by atoms with E-state index in [1.807, 2.05) is 12.2 Å². The van der Waals surface area contributed by atoms with Crippen LogP contribution in [0.4, 0.5) is 0 Å². The van der Waals surface area contributed by atoms with Crippen LogP contribution < -0.4 is 0 Å². The molecule has 2 aliphatic rings. The summed E-state index contributed by atoms with van der Waals surface area (Å²) in [6, 6.07) is 0. The highest BCUT2D eigenvalue weighted by molar-refractivity contribution is 8.09. The normalized spacial score (nSPS) is 39.7. The lowest BCUT2D eigenvalue weighted by Crippen LogP contribution is -2.31. The minimum atomic E-state index is -0.907. The minimum Gasteiger partial charge on any atom is -0.263 e. The first-order chi connectivity index (χ1) is 6.17. The van der Waals surface area contributed by atoms with Crippen molar-refractivity contribution in [3.63, 3.8) is 0 Å². The molecule has 0 radical (unpaired) electrons. The molecule has 1 saturated heterocycles. The predicted octanol–water partition coefficient (Wildman–Crippen LogP) is 2.15. The van der Waals surface area contributed by atoms with Crippen molar-refractivity contribution in [3.8, 4) is 0 Å². The van der Waals surface area contributed by atoms with E-state index < -0.39 is 4.87 Å². The highest BCUT2D eigenvalue weighted by Gasteiger charge is 2.77. The quantitative estimate of drug-likeness (QED) is 0.300. The van der Waals surface area contributed by atoms with Gasteiger partial charge in [-0.1, -0.05) is 36.1 Å². The molecule has 0 amide bonds. The van der Waals surface area contributed by atoms with Crippen molar-refractivity contribution < 1.29 is 4.92 Å². The van der Waals surface area contributed by atoms with E-state index in [1.54, 1.807) is 18.2 Å². The molecule has 2 unspecified atom stereocenters. The van der Waals surface area contributed by atoms with Gasteiger partial charge in [-0.2, -0.15) is 0 Å². The molecule has 1 fully saturated rings. The number of hydrogen-bond donors (Lipinski definition) is 0. The van der Waals surface area contributed by atoms with Gasteiger partial charge in [0.05, 0.1) is 0 Å². The van der Waals surface area contributed by atoms with Crippen molar-refractivity contribution in [3.05, 3.63) is 47.1 Å². The molecule has 3 nitrogen and oxygen atoms in total. The lowest BCUT2D eigenvalue weighted by Gasteiger charge is -2.11. The third-order valence-corrected chi connectivity index (χ3v) is 4.15. The zero-order chi connectivity index (χ0) is 9.53. The molecule has 0 saturated carbocycles. The van der Waals surface area contributed by atoms with Crippen molar-refractivity contribution in [2.75, 3.05) is 0 Å². The van der Waals surface area contributed by atoms with E-state index in [9.17, 15) is 10.1 Å². The number of nitro groups is 1. The standard InChI is InChI=1S/C9H9NO2S/c1-2-5-8-6-3-4-7-9(8,13-8)10(11)12/h2-4,6-7H,1,5H2. The maximum absolute atomic E-state index is 10.9. The first-order valence-corrected chi connectivity index (χ1v) is 4.81. The molecule has 1 aliphatic carbocycles. The second kappa shape index (κ2) is 2.48. The Balaban J connectivity index is 2.34. The Morgan fingerprint density at radius 3 is 2.85 bits per heavy atom. The highest BCUT2D eigenvalue weighted by atomic mass is 32.2. The van der Waals surface area contributed by atoms with Gasteiger partial charge in [0, 0.05) is 11.0 Å². The molecule has 0 spiro atoms. The topological polar surface area (TPSA) is 43.1 Å². The van der Waals surface area contributed by atoms with Gasteiger partial charge in [-0.3, -0.25) is 10.1 Å². The van der Waals surface area contributed by atoms with Gasteiger partial charge < -0.3 is 0 Å². The Hall–Kier alpha value is -1.03. The van der Waals surface area contributed by atoms with E-state index in [0.29, 0.717) is 6.42 Å². The molecule has 2 atom stereocenters. The fraction of sp³-hybridized carbons (Fsp3) is 0.333. The molecular formula is C9H9NO2S. The summed E-state index contributed by atoms with van der Waals surface area (Å²) in [7, 11) is 0. The smallest absolute Gasteiger partial charge is 0.263 e. The van der Waals surface area contributed by atoms with Crippen LogP contribution in [0.3, 0.4) is 0 Å². The molecule has 13 heavy (non-hydrogen) atoms. The van der Waals surface area contributed by atoms with Crippen molar-refractivity contribution >= 4 is 11.8 Å². The molecule has 1 aliphatic heterocycles. The molecule has 4 heteroatoms. The number of thioether (sulfide) groups is 1. The number of rotatable bonds is 3. The zero-order valence-corrected chi connectivity index (χ0v) is 7.79. The van der Waals surface area contributed by atoms with Crippen LogP contribution in [-0.4, -0.2) is 14.5 Å². The van der Waals surface area contributed by atoms with Crippen LogP contribution in [0, 0.1) is 10.1 Å². The van der Waals surface area contributed by atoms with E-state index in [1.165, 1.54) is 11.8 Å². The van der Waals surface area contributed by atoms with Crippen LogP contribution in [0.1, 0.15) is 6.42 Å². The van der Waals surface area contributed by atoms with Crippen LogP contribution in [0.5, 0.6) is 0 Å². The molecule has 0 N–H and O–H groups in total. The van der Waals surface area contributed by atoms with Gasteiger partial charge in [0.25, 0.3) is 0 Å². The number of allylic oxidation sites excluding steroid dienone is 3. The maximum Gasteiger partial charge on any atom is 0.305 e. The first-order valence-electron chi connectivity index (χ1n) is 3.99. The number of fused-ring (bicyclic) bond motifs is 1. The van der Waals surface area contributed by atoms with Gasteiger partial charge >= 0.3 is 4.87 Å². The summed E-state index contributed by atoms with van der Waals surface area (Å²) in [6.45, 7) is 3.62. The van der Waals surface area contributed by atoms with Gasteiger partial charge in [0.1, 0.15) is 4.75 Å². The average molecular weight is 195 g/mol. The van der Waals surface area contributed by atoms with Gasteiger partial charge in [-0.15, -0.1) is 6.58 Å². The Kier molecular flexibility index (Phi) is 1.63. The van der Waals surface area contributed by atoms with Crippen LogP contribution >= 0.6 is 11.8 Å². The van der Waals surface area contributed by atoms with Gasteiger partial charge in [-0.05, 0) is 6.42 Å². The van der Waals surface area contributed by atoms with Gasteiger partial charge in [0.15, 0.2) is 0 Å². The maximum atomic E-state index is 10.9. The minimum absolute atomic E-state index is 0.207.